The number of likely N-dealkylation sites (N-methyl/N-ethyl adjacent to an activating group) is 2. The van der Waals surface area contributed by atoms with Crippen LogP contribution in [0.25, 0.3) is 11.0 Å². The van der Waals surface area contributed by atoms with E-state index in [0.29, 0.717) is 29.7 Å². The lowest BCUT2D eigenvalue weighted by molar-refractivity contribution is -0.144. The maximum Gasteiger partial charge on any atom is 0.312 e. The van der Waals surface area contributed by atoms with Crippen LogP contribution >= 0.6 is 12.4 Å². The van der Waals surface area contributed by atoms with Crippen molar-refractivity contribution < 1.29 is 19.5 Å². The van der Waals surface area contributed by atoms with Gasteiger partial charge in [-0.05, 0) is 55.8 Å². The van der Waals surface area contributed by atoms with Gasteiger partial charge in [0.15, 0.2) is 0 Å². The Morgan fingerprint density at radius 3 is 2.33 bits per heavy atom. The van der Waals surface area contributed by atoms with E-state index in [9.17, 15) is 14.4 Å². The van der Waals surface area contributed by atoms with E-state index in [2.05, 4.69) is 5.32 Å². The molecule has 210 valence electrons. The first-order valence-corrected chi connectivity index (χ1v) is 12.2. The molecule has 39 heavy (non-hydrogen) atoms. The van der Waals surface area contributed by atoms with Crippen molar-refractivity contribution in [2.24, 2.45) is 12.8 Å². The summed E-state index contributed by atoms with van der Waals surface area (Å²) in [5.74, 6) is -1.18. The summed E-state index contributed by atoms with van der Waals surface area (Å²) in [6, 6.07) is 12.9. The van der Waals surface area contributed by atoms with E-state index < -0.39 is 23.7 Å². The lowest BCUT2D eigenvalue weighted by Gasteiger charge is -2.36. The van der Waals surface area contributed by atoms with Crippen LogP contribution in [-0.2, 0) is 33.4 Å². The van der Waals surface area contributed by atoms with Gasteiger partial charge in [-0.2, -0.15) is 0 Å². The quantitative estimate of drug-likeness (QED) is 0.160. The number of rotatable bonds is 11. The van der Waals surface area contributed by atoms with Gasteiger partial charge in [-0.25, -0.2) is 4.98 Å². The molecule has 1 aromatic heterocycles. The largest absolute Gasteiger partial charge is 0.481 e. The standard InChI is InChI=1S/C27H35N7O4.ClH/c1-6-32(3)26(38)27(2,16-33(4)23(35)14-24(36)37)18-9-12-21-20(13-18)31-22(34(21)5)15-30-19-10-7-17(8-11-19)25(28)29;/h7-13,30H,6,14-16H2,1-5H3,(H3,28,29)(H,36,37);1H. The number of fused-ring (bicyclic) bond motifs is 1. The van der Waals surface area contributed by atoms with Gasteiger partial charge >= 0.3 is 5.97 Å². The number of aliphatic carboxylic acids is 1. The number of carbonyl (C=O) groups is 3. The summed E-state index contributed by atoms with van der Waals surface area (Å²) in [5.41, 5.74) is 8.17. The van der Waals surface area contributed by atoms with E-state index in [0.717, 1.165) is 17.0 Å². The number of nitrogens with one attached hydrogen (secondary N) is 2. The molecule has 0 fully saturated rings. The maximum absolute atomic E-state index is 13.5. The number of aromatic nitrogens is 2. The molecule has 0 saturated carbocycles. The predicted octanol–water partition coefficient (Wildman–Crippen LogP) is 2.56. The predicted molar refractivity (Wildman–Crippen MR) is 153 cm³/mol. The van der Waals surface area contributed by atoms with Crippen LogP contribution in [0.1, 0.15) is 37.2 Å². The molecular formula is C27H36ClN7O4. The Kier molecular flexibility index (Phi) is 10.1. The van der Waals surface area contributed by atoms with Crippen molar-refractivity contribution in [1.82, 2.24) is 19.4 Å². The van der Waals surface area contributed by atoms with Gasteiger partial charge < -0.3 is 30.5 Å². The number of nitrogens with zero attached hydrogens (tertiary/aromatic N) is 4. The van der Waals surface area contributed by atoms with Crippen LogP contribution < -0.4 is 11.1 Å². The molecule has 0 radical (unpaired) electrons. The first-order chi connectivity index (χ1) is 17.9. The van der Waals surface area contributed by atoms with E-state index >= 15 is 0 Å². The van der Waals surface area contributed by atoms with Crippen LogP contribution in [0.3, 0.4) is 0 Å². The van der Waals surface area contributed by atoms with E-state index in [4.69, 9.17) is 21.2 Å². The summed E-state index contributed by atoms with van der Waals surface area (Å²) < 4.78 is 1.97. The highest BCUT2D eigenvalue weighted by atomic mass is 35.5. The second kappa shape index (κ2) is 12.6. The molecule has 0 bridgehead atoms. The van der Waals surface area contributed by atoms with E-state index in [1.807, 2.05) is 48.9 Å². The number of nitrogens with two attached hydrogens (primary N) is 1. The Bertz CT molecular complexity index is 1370. The van der Waals surface area contributed by atoms with Crippen LogP contribution in [0.5, 0.6) is 0 Å². The number of aryl methyl sites for hydroxylation is 1. The molecule has 1 unspecified atom stereocenters. The van der Waals surface area contributed by atoms with Gasteiger partial charge in [-0.15, -0.1) is 12.4 Å². The number of carbonyl (C=O) groups excluding carboxylic acids is 2. The highest BCUT2D eigenvalue weighted by Crippen LogP contribution is 2.30. The highest BCUT2D eigenvalue weighted by molar-refractivity contribution is 5.95. The molecule has 0 aliphatic heterocycles. The number of imidazole rings is 1. The molecule has 0 aliphatic carbocycles. The molecule has 5 N–H and O–H groups in total. The smallest absolute Gasteiger partial charge is 0.312 e. The number of benzene rings is 2. The number of amides is 2. The molecule has 0 aliphatic rings. The molecule has 0 spiro atoms. The van der Waals surface area contributed by atoms with Gasteiger partial charge in [0, 0.05) is 45.5 Å². The Morgan fingerprint density at radius 2 is 1.77 bits per heavy atom. The van der Waals surface area contributed by atoms with E-state index in [1.54, 1.807) is 31.0 Å². The minimum atomic E-state index is -1.22. The van der Waals surface area contributed by atoms with Crippen molar-refractivity contribution in [2.75, 3.05) is 32.5 Å². The fourth-order valence-corrected chi connectivity index (χ4v) is 4.37. The number of halogens is 1. The lowest BCUT2D eigenvalue weighted by Crippen LogP contribution is -2.50. The van der Waals surface area contributed by atoms with E-state index in [1.165, 1.54) is 11.9 Å². The Balaban J connectivity index is 0.00000533. The van der Waals surface area contributed by atoms with Crippen molar-refractivity contribution >= 4 is 52.7 Å². The zero-order valence-electron chi connectivity index (χ0n) is 22.8. The van der Waals surface area contributed by atoms with Gasteiger partial charge in [-0.3, -0.25) is 19.8 Å². The number of carboxylic acid groups (broad SMARTS) is 1. The molecule has 11 nitrogen and oxygen atoms in total. The summed E-state index contributed by atoms with van der Waals surface area (Å²) >= 11 is 0. The Hall–Kier alpha value is -4.12. The summed E-state index contributed by atoms with van der Waals surface area (Å²) in [5, 5.41) is 19.9. The Labute approximate surface area is 233 Å². The molecule has 2 aromatic carbocycles. The molecule has 3 aromatic rings. The van der Waals surface area contributed by atoms with Crippen LogP contribution in [0.15, 0.2) is 42.5 Å². The SMILES string of the molecule is CCN(C)C(=O)C(C)(CN(C)C(=O)CC(=O)O)c1ccc2c(c1)nc(CNc1ccc(C(=N)N)cc1)n2C.Cl. The van der Waals surface area contributed by atoms with Crippen molar-refractivity contribution in [2.45, 2.75) is 32.2 Å². The zero-order valence-corrected chi connectivity index (χ0v) is 23.6. The minimum Gasteiger partial charge on any atom is -0.481 e. The molecule has 1 heterocycles. The first-order valence-electron chi connectivity index (χ1n) is 12.2. The third-order valence-corrected chi connectivity index (χ3v) is 6.83. The Morgan fingerprint density at radius 1 is 1.13 bits per heavy atom. The second-order valence-corrected chi connectivity index (χ2v) is 9.61. The summed E-state index contributed by atoms with van der Waals surface area (Å²) in [6.45, 7) is 4.58. The number of carboxylic acids is 1. The minimum absolute atomic E-state index is 0. The number of amidine groups is 1. The maximum atomic E-state index is 13.5. The zero-order chi connectivity index (χ0) is 28.2. The van der Waals surface area contributed by atoms with Crippen molar-refractivity contribution in [3.63, 3.8) is 0 Å². The third-order valence-electron chi connectivity index (χ3n) is 6.83. The first kappa shape index (κ1) is 31.1. The average molecular weight is 558 g/mol. The fourth-order valence-electron chi connectivity index (χ4n) is 4.37. The number of hydrogen-bond acceptors (Lipinski definition) is 6. The molecule has 0 saturated heterocycles. The second-order valence-electron chi connectivity index (χ2n) is 9.61. The normalized spacial score (nSPS) is 12.2. The average Bonchev–Trinajstić information content (AvgIpc) is 3.20. The molecule has 12 heteroatoms. The van der Waals surface area contributed by atoms with Crippen LogP contribution in [0, 0.1) is 5.41 Å². The highest BCUT2D eigenvalue weighted by Gasteiger charge is 2.39. The van der Waals surface area contributed by atoms with Crippen molar-refractivity contribution in [3.8, 4) is 0 Å². The summed E-state index contributed by atoms with van der Waals surface area (Å²) in [4.78, 5) is 44.7. The number of nitrogen functional groups attached to an aromatic ring is 1. The van der Waals surface area contributed by atoms with Crippen LogP contribution in [0.2, 0.25) is 0 Å². The van der Waals surface area contributed by atoms with Crippen LogP contribution in [0.4, 0.5) is 5.69 Å². The van der Waals surface area contributed by atoms with Crippen molar-refractivity contribution in [3.05, 3.63) is 59.4 Å². The van der Waals surface area contributed by atoms with Crippen molar-refractivity contribution in [1.29, 1.82) is 5.41 Å². The van der Waals surface area contributed by atoms with Gasteiger partial charge in [0.1, 0.15) is 18.1 Å². The molecule has 3 rings (SSSR count). The molecule has 1 atom stereocenters. The topological polar surface area (TPSA) is 158 Å². The van der Waals surface area contributed by atoms with E-state index in [-0.39, 0.29) is 30.7 Å². The van der Waals surface area contributed by atoms with Gasteiger partial charge in [0.25, 0.3) is 0 Å². The summed E-state index contributed by atoms with van der Waals surface area (Å²) in [7, 11) is 5.12. The van der Waals surface area contributed by atoms with Crippen LogP contribution in [-0.4, -0.2) is 75.3 Å². The van der Waals surface area contributed by atoms with Gasteiger partial charge in [-0.1, -0.05) is 6.07 Å². The molecule has 2 amide bonds. The fraction of sp³-hybridized carbons (Fsp3) is 0.370. The van der Waals surface area contributed by atoms with Gasteiger partial charge in [0.05, 0.1) is 23.0 Å². The summed E-state index contributed by atoms with van der Waals surface area (Å²) in [6.07, 6.45) is -0.641. The third kappa shape index (κ3) is 6.85. The number of hydrogen-bond donors (Lipinski definition) is 4. The van der Waals surface area contributed by atoms with Gasteiger partial charge in [0.2, 0.25) is 11.8 Å². The molecular weight excluding hydrogens is 522 g/mol. The monoisotopic (exact) mass is 557 g/mol. The lowest BCUT2D eigenvalue weighted by atomic mass is 9.80. The number of anilines is 1.